The van der Waals surface area contributed by atoms with E-state index in [1.807, 2.05) is 42.5 Å². The second-order valence-electron chi connectivity index (χ2n) is 4.41. The highest BCUT2D eigenvalue weighted by Gasteiger charge is 2.09. The summed E-state index contributed by atoms with van der Waals surface area (Å²) in [5.74, 6) is 0. The third-order valence-electron chi connectivity index (χ3n) is 3.01. The maximum Gasteiger partial charge on any atom is 0.0763 e. The van der Waals surface area contributed by atoms with Crippen LogP contribution in [0.1, 0.15) is 0 Å². The Hall–Kier alpha value is -2.49. The molecule has 2 aromatic rings. The lowest BCUT2D eigenvalue weighted by Gasteiger charge is -2.05. The second kappa shape index (κ2) is 5.44. The summed E-state index contributed by atoms with van der Waals surface area (Å²) in [6, 6.07) is 18.1. The van der Waals surface area contributed by atoms with Gasteiger partial charge < -0.3 is 10.6 Å². The smallest absolute Gasteiger partial charge is 0.0763 e. The number of rotatable bonds is 2. The monoisotopic (exact) mass is 252 g/mol. The molecule has 4 heteroatoms. The molecule has 0 unspecified atom stereocenters. The van der Waals surface area contributed by atoms with Gasteiger partial charge in [-0.05, 0) is 24.3 Å². The molecule has 2 aromatic carbocycles. The number of para-hydroxylation sites is 3. The molecular formula is C15H16N4. The normalized spacial score (nSPS) is 13.6. The van der Waals surface area contributed by atoms with Crippen LogP contribution in [0.4, 0.5) is 17.1 Å². The first kappa shape index (κ1) is 11.6. The van der Waals surface area contributed by atoms with Crippen LogP contribution in [0.15, 0.2) is 59.7 Å². The highest BCUT2D eigenvalue weighted by Crippen LogP contribution is 2.22. The van der Waals surface area contributed by atoms with Gasteiger partial charge in [0, 0.05) is 0 Å². The molecule has 0 aromatic heterocycles. The fourth-order valence-corrected chi connectivity index (χ4v) is 1.98. The highest BCUT2D eigenvalue weighted by molar-refractivity contribution is 5.95. The van der Waals surface area contributed by atoms with Gasteiger partial charge in [0.1, 0.15) is 0 Å². The molecule has 4 nitrogen and oxygen atoms in total. The number of hydrogen-bond acceptors (Lipinski definition) is 4. The average molecular weight is 252 g/mol. The SMILES string of the molecule is c1ccc(NN=C2CNc3ccccc3NC2)cc1. The van der Waals surface area contributed by atoms with E-state index in [4.69, 9.17) is 0 Å². The van der Waals surface area contributed by atoms with Crippen LogP contribution >= 0.6 is 0 Å². The van der Waals surface area contributed by atoms with Crippen molar-refractivity contribution in [3.63, 3.8) is 0 Å². The van der Waals surface area contributed by atoms with Crippen LogP contribution in [0.3, 0.4) is 0 Å². The molecule has 0 amide bonds. The van der Waals surface area contributed by atoms with Crippen LogP contribution in [0, 0.1) is 0 Å². The van der Waals surface area contributed by atoms with Gasteiger partial charge in [0.25, 0.3) is 0 Å². The van der Waals surface area contributed by atoms with E-state index in [-0.39, 0.29) is 0 Å². The average Bonchev–Trinajstić information content (AvgIpc) is 2.69. The van der Waals surface area contributed by atoms with E-state index in [9.17, 15) is 0 Å². The van der Waals surface area contributed by atoms with Gasteiger partial charge >= 0.3 is 0 Å². The summed E-state index contributed by atoms with van der Waals surface area (Å²) in [4.78, 5) is 0. The van der Waals surface area contributed by atoms with Crippen LogP contribution in [0.2, 0.25) is 0 Å². The van der Waals surface area contributed by atoms with Gasteiger partial charge in [-0.3, -0.25) is 5.43 Å². The van der Waals surface area contributed by atoms with E-state index >= 15 is 0 Å². The van der Waals surface area contributed by atoms with E-state index in [0.717, 1.165) is 35.9 Å². The number of benzene rings is 2. The first-order valence-electron chi connectivity index (χ1n) is 6.35. The van der Waals surface area contributed by atoms with Crippen molar-refractivity contribution in [2.24, 2.45) is 5.10 Å². The lowest BCUT2D eigenvalue weighted by molar-refractivity contribution is 1.25. The fraction of sp³-hybridized carbons (Fsp3) is 0.133. The Balaban J connectivity index is 1.68. The lowest BCUT2D eigenvalue weighted by atomic mass is 10.3. The lowest BCUT2D eigenvalue weighted by Crippen LogP contribution is -2.19. The van der Waals surface area contributed by atoms with Crippen molar-refractivity contribution in [2.45, 2.75) is 0 Å². The molecule has 0 saturated carbocycles. The molecule has 3 N–H and O–H groups in total. The first-order valence-corrected chi connectivity index (χ1v) is 6.35. The first-order chi connectivity index (χ1) is 9.42. The summed E-state index contributed by atoms with van der Waals surface area (Å²) in [5, 5.41) is 11.2. The van der Waals surface area contributed by atoms with Crippen LogP contribution in [-0.4, -0.2) is 18.8 Å². The fourth-order valence-electron chi connectivity index (χ4n) is 1.98. The minimum atomic E-state index is 0.740. The highest BCUT2D eigenvalue weighted by atomic mass is 15.3. The Morgan fingerprint density at radius 2 is 1.37 bits per heavy atom. The topological polar surface area (TPSA) is 48.5 Å². The molecule has 0 saturated heterocycles. The van der Waals surface area contributed by atoms with Gasteiger partial charge in [-0.15, -0.1) is 0 Å². The van der Waals surface area contributed by atoms with Gasteiger partial charge in [0.2, 0.25) is 0 Å². The molecule has 0 bridgehead atoms. The molecular weight excluding hydrogens is 236 g/mol. The van der Waals surface area contributed by atoms with E-state index in [1.54, 1.807) is 0 Å². The molecule has 19 heavy (non-hydrogen) atoms. The number of anilines is 3. The quantitative estimate of drug-likeness (QED) is 0.720. The molecule has 0 aliphatic carbocycles. The Labute approximate surface area is 112 Å². The van der Waals surface area contributed by atoms with Crippen molar-refractivity contribution in [1.29, 1.82) is 0 Å². The molecule has 0 radical (unpaired) electrons. The maximum atomic E-state index is 4.44. The van der Waals surface area contributed by atoms with Crippen molar-refractivity contribution >= 4 is 22.8 Å². The maximum absolute atomic E-state index is 4.44. The third-order valence-corrected chi connectivity index (χ3v) is 3.01. The van der Waals surface area contributed by atoms with Crippen molar-refractivity contribution in [3.8, 4) is 0 Å². The summed E-state index contributed by atoms with van der Waals surface area (Å²) >= 11 is 0. The molecule has 0 atom stereocenters. The zero-order valence-corrected chi connectivity index (χ0v) is 10.6. The number of nitrogens with zero attached hydrogens (tertiary/aromatic N) is 1. The minimum Gasteiger partial charge on any atom is -0.378 e. The van der Waals surface area contributed by atoms with Crippen LogP contribution in [0.25, 0.3) is 0 Å². The molecule has 3 rings (SSSR count). The second-order valence-corrected chi connectivity index (χ2v) is 4.41. The standard InChI is InChI=1S/C15H16N4/c1-2-6-12(7-3-1)18-19-13-10-16-14-8-4-5-9-15(14)17-11-13/h1-9,16-18H,10-11H2. The van der Waals surface area contributed by atoms with Crippen molar-refractivity contribution in [1.82, 2.24) is 0 Å². The summed E-state index contributed by atoms with van der Waals surface area (Å²) < 4.78 is 0. The Morgan fingerprint density at radius 3 is 2.00 bits per heavy atom. The van der Waals surface area contributed by atoms with Crippen molar-refractivity contribution in [3.05, 3.63) is 54.6 Å². The van der Waals surface area contributed by atoms with Gasteiger partial charge in [-0.25, -0.2) is 0 Å². The Morgan fingerprint density at radius 1 is 0.789 bits per heavy atom. The predicted octanol–water partition coefficient (Wildman–Crippen LogP) is 2.99. The van der Waals surface area contributed by atoms with Gasteiger partial charge in [-0.2, -0.15) is 5.10 Å². The minimum absolute atomic E-state index is 0.740. The number of fused-ring (bicyclic) bond motifs is 1. The molecule has 1 aliphatic rings. The number of hydrazone groups is 1. The number of nitrogens with one attached hydrogen (secondary N) is 3. The summed E-state index contributed by atoms with van der Waals surface area (Å²) in [6.45, 7) is 1.48. The van der Waals surface area contributed by atoms with Gasteiger partial charge in [-0.1, -0.05) is 30.3 Å². The zero-order valence-electron chi connectivity index (χ0n) is 10.6. The molecule has 1 heterocycles. The van der Waals surface area contributed by atoms with Crippen LogP contribution in [0.5, 0.6) is 0 Å². The van der Waals surface area contributed by atoms with E-state index in [0.29, 0.717) is 0 Å². The van der Waals surface area contributed by atoms with Crippen molar-refractivity contribution in [2.75, 3.05) is 29.1 Å². The number of hydrogen-bond donors (Lipinski definition) is 3. The van der Waals surface area contributed by atoms with Crippen LogP contribution in [-0.2, 0) is 0 Å². The van der Waals surface area contributed by atoms with E-state index in [2.05, 4.69) is 33.3 Å². The van der Waals surface area contributed by atoms with Crippen molar-refractivity contribution < 1.29 is 0 Å². The Bertz CT molecular complexity index is 549. The molecule has 1 aliphatic heterocycles. The predicted molar refractivity (Wildman–Crippen MR) is 80.9 cm³/mol. The van der Waals surface area contributed by atoms with Gasteiger partial charge in [0.15, 0.2) is 0 Å². The molecule has 96 valence electrons. The summed E-state index contributed by atoms with van der Waals surface area (Å²) in [5.41, 5.74) is 7.35. The summed E-state index contributed by atoms with van der Waals surface area (Å²) in [7, 11) is 0. The molecule has 0 spiro atoms. The molecule has 0 fully saturated rings. The van der Waals surface area contributed by atoms with Crippen LogP contribution < -0.4 is 16.1 Å². The van der Waals surface area contributed by atoms with Gasteiger partial charge in [0.05, 0.1) is 35.9 Å². The van der Waals surface area contributed by atoms with E-state index < -0.39 is 0 Å². The zero-order chi connectivity index (χ0) is 12.9. The Kier molecular flexibility index (Phi) is 3.32. The summed E-state index contributed by atoms with van der Waals surface area (Å²) in [6.07, 6.45) is 0. The largest absolute Gasteiger partial charge is 0.378 e. The third kappa shape index (κ3) is 2.85. The van der Waals surface area contributed by atoms with E-state index in [1.165, 1.54) is 0 Å².